The van der Waals surface area contributed by atoms with Gasteiger partial charge in [0.25, 0.3) is 5.91 Å². The van der Waals surface area contributed by atoms with Gasteiger partial charge in [0.15, 0.2) is 0 Å². The van der Waals surface area contributed by atoms with Crippen LogP contribution in [-0.2, 0) is 0 Å². The largest absolute Gasteiger partial charge is 0.506 e. The normalized spacial score (nSPS) is 10.1. The second-order valence-corrected chi connectivity index (χ2v) is 4.17. The number of carbonyl (C=O) groups excluding carboxylic acids is 1. The molecule has 0 saturated carbocycles. The summed E-state index contributed by atoms with van der Waals surface area (Å²) in [5, 5.41) is 12.4. The summed E-state index contributed by atoms with van der Waals surface area (Å²) >= 11 is 5.82. The van der Waals surface area contributed by atoms with E-state index in [0.29, 0.717) is 5.69 Å². The number of hydrogen-bond donors (Lipinski definition) is 2. The highest BCUT2D eigenvalue weighted by atomic mass is 35.5. The maximum Gasteiger partial charge on any atom is 0.258 e. The molecule has 2 N–H and O–H groups in total. The first-order chi connectivity index (χ1) is 8.58. The van der Waals surface area contributed by atoms with Crippen LogP contribution >= 0.6 is 11.6 Å². The van der Waals surface area contributed by atoms with E-state index in [1.807, 2.05) is 6.92 Å². The zero-order valence-corrected chi connectivity index (χ0v) is 10.4. The Morgan fingerprint density at radius 1 is 1.39 bits per heavy atom. The topological polar surface area (TPSA) is 62.2 Å². The summed E-state index contributed by atoms with van der Waals surface area (Å²) < 4.78 is 0. The van der Waals surface area contributed by atoms with Crippen LogP contribution in [0.3, 0.4) is 0 Å². The number of aromatic hydroxyl groups is 1. The molecule has 18 heavy (non-hydrogen) atoms. The lowest BCUT2D eigenvalue weighted by Crippen LogP contribution is -2.13. The molecular formula is C13H11ClN2O2. The van der Waals surface area contributed by atoms with Crippen molar-refractivity contribution in [1.82, 2.24) is 4.98 Å². The lowest BCUT2D eigenvalue weighted by molar-refractivity contribution is 0.102. The molecule has 1 aromatic heterocycles. The summed E-state index contributed by atoms with van der Waals surface area (Å²) in [6.07, 6.45) is 1.50. The first kappa shape index (κ1) is 12.4. The summed E-state index contributed by atoms with van der Waals surface area (Å²) in [7, 11) is 0. The van der Waals surface area contributed by atoms with Gasteiger partial charge in [-0.2, -0.15) is 0 Å². The Hall–Kier alpha value is -2.07. The van der Waals surface area contributed by atoms with Crippen LogP contribution in [0.5, 0.6) is 5.75 Å². The minimum Gasteiger partial charge on any atom is -0.506 e. The number of carbonyl (C=O) groups is 1. The molecule has 0 unspecified atom stereocenters. The van der Waals surface area contributed by atoms with Gasteiger partial charge in [-0.05, 0) is 36.8 Å². The van der Waals surface area contributed by atoms with E-state index < -0.39 is 5.91 Å². The van der Waals surface area contributed by atoms with Crippen LogP contribution in [0.1, 0.15) is 15.9 Å². The Morgan fingerprint density at radius 3 is 2.83 bits per heavy atom. The molecule has 0 radical (unpaired) electrons. The van der Waals surface area contributed by atoms with Crippen LogP contribution in [0.4, 0.5) is 5.69 Å². The average molecular weight is 263 g/mol. The number of aryl methyl sites for hydroxylation is 1. The van der Waals surface area contributed by atoms with Crippen molar-refractivity contribution in [3.8, 4) is 5.75 Å². The molecule has 1 heterocycles. The Balaban J connectivity index is 2.24. The number of nitrogens with one attached hydrogen (secondary N) is 1. The van der Waals surface area contributed by atoms with Crippen LogP contribution in [-0.4, -0.2) is 16.0 Å². The highest BCUT2D eigenvalue weighted by Gasteiger charge is 2.12. The summed E-state index contributed by atoms with van der Waals surface area (Å²) in [6, 6.07) is 8.18. The number of anilines is 1. The van der Waals surface area contributed by atoms with Gasteiger partial charge in [-0.1, -0.05) is 17.7 Å². The van der Waals surface area contributed by atoms with E-state index in [2.05, 4.69) is 10.3 Å². The van der Waals surface area contributed by atoms with Gasteiger partial charge in [-0.25, -0.2) is 4.98 Å². The first-order valence-corrected chi connectivity index (χ1v) is 5.67. The molecule has 0 aliphatic carbocycles. The number of nitrogens with zero attached hydrogens (tertiary/aromatic N) is 1. The molecular weight excluding hydrogens is 252 g/mol. The Bertz CT molecular complexity index is 599. The van der Waals surface area contributed by atoms with Crippen LogP contribution in [0, 0.1) is 6.92 Å². The highest BCUT2D eigenvalue weighted by molar-refractivity contribution is 6.33. The molecule has 5 heteroatoms. The number of rotatable bonds is 2. The molecule has 0 aliphatic heterocycles. The molecule has 0 bridgehead atoms. The second kappa shape index (κ2) is 5.06. The number of halogens is 1. The van der Waals surface area contributed by atoms with E-state index >= 15 is 0 Å². The summed E-state index contributed by atoms with van der Waals surface area (Å²) in [4.78, 5) is 15.7. The third-order valence-electron chi connectivity index (χ3n) is 2.41. The molecule has 0 atom stereocenters. The fraction of sp³-hybridized carbons (Fsp3) is 0.0769. The number of pyridine rings is 1. The van der Waals surface area contributed by atoms with Crippen LogP contribution in [0.2, 0.25) is 5.15 Å². The molecule has 2 rings (SSSR count). The number of amides is 1. The van der Waals surface area contributed by atoms with E-state index in [0.717, 1.165) is 5.56 Å². The van der Waals surface area contributed by atoms with Gasteiger partial charge in [-0.3, -0.25) is 4.79 Å². The van der Waals surface area contributed by atoms with Gasteiger partial charge in [0, 0.05) is 6.20 Å². The van der Waals surface area contributed by atoms with Crippen molar-refractivity contribution >= 4 is 23.2 Å². The van der Waals surface area contributed by atoms with Crippen molar-refractivity contribution in [3.05, 3.63) is 52.8 Å². The average Bonchev–Trinajstić information content (AvgIpc) is 2.33. The second-order valence-electron chi connectivity index (χ2n) is 3.82. The molecule has 92 valence electrons. The van der Waals surface area contributed by atoms with E-state index in [1.54, 1.807) is 30.3 Å². The van der Waals surface area contributed by atoms with Crippen molar-refractivity contribution in [2.24, 2.45) is 0 Å². The third-order valence-corrected chi connectivity index (χ3v) is 2.71. The van der Waals surface area contributed by atoms with Gasteiger partial charge < -0.3 is 10.4 Å². The van der Waals surface area contributed by atoms with Gasteiger partial charge in [0.2, 0.25) is 0 Å². The van der Waals surface area contributed by atoms with Crippen molar-refractivity contribution in [2.45, 2.75) is 6.92 Å². The number of aromatic nitrogens is 1. The van der Waals surface area contributed by atoms with Gasteiger partial charge in [0.05, 0.1) is 11.3 Å². The zero-order chi connectivity index (χ0) is 13.1. The monoisotopic (exact) mass is 262 g/mol. The van der Waals surface area contributed by atoms with Gasteiger partial charge in [0.1, 0.15) is 10.9 Å². The minimum atomic E-state index is -0.410. The smallest absolute Gasteiger partial charge is 0.258 e. The van der Waals surface area contributed by atoms with Crippen LogP contribution < -0.4 is 5.32 Å². The van der Waals surface area contributed by atoms with E-state index in [1.165, 1.54) is 6.20 Å². The lowest BCUT2D eigenvalue weighted by atomic mass is 10.2. The predicted molar refractivity (Wildman–Crippen MR) is 70.0 cm³/mol. The van der Waals surface area contributed by atoms with Crippen molar-refractivity contribution in [2.75, 3.05) is 5.32 Å². The van der Waals surface area contributed by atoms with Crippen molar-refractivity contribution in [1.29, 1.82) is 0 Å². The van der Waals surface area contributed by atoms with Gasteiger partial charge in [-0.15, -0.1) is 0 Å². The zero-order valence-electron chi connectivity index (χ0n) is 9.64. The highest BCUT2D eigenvalue weighted by Crippen LogP contribution is 2.25. The Kier molecular flexibility index (Phi) is 3.48. The number of phenols is 1. The SMILES string of the molecule is Cc1ccc(NC(=O)c2cccnc2Cl)c(O)c1. The van der Waals surface area contributed by atoms with Crippen LogP contribution in [0.15, 0.2) is 36.5 Å². The molecule has 1 aromatic carbocycles. The fourth-order valence-corrected chi connectivity index (χ4v) is 1.70. The van der Waals surface area contributed by atoms with E-state index in [9.17, 15) is 9.90 Å². The maximum absolute atomic E-state index is 11.9. The molecule has 0 aliphatic rings. The first-order valence-electron chi connectivity index (χ1n) is 5.29. The molecule has 4 nitrogen and oxygen atoms in total. The summed E-state index contributed by atoms with van der Waals surface area (Å²) in [5.74, 6) is -0.393. The number of phenolic OH excluding ortho intramolecular Hbond substituents is 1. The fourth-order valence-electron chi connectivity index (χ4n) is 1.49. The minimum absolute atomic E-state index is 0.0170. The predicted octanol–water partition coefficient (Wildman–Crippen LogP) is 3.00. The Labute approximate surface area is 109 Å². The van der Waals surface area contributed by atoms with Crippen molar-refractivity contribution < 1.29 is 9.90 Å². The standard InChI is InChI=1S/C13H11ClN2O2/c1-8-4-5-10(11(17)7-8)16-13(18)9-3-2-6-15-12(9)14/h2-7,17H,1H3,(H,16,18). The third kappa shape index (κ3) is 2.60. The van der Waals surface area contributed by atoms with Gasteiger partial charge >= 0.3 is 0 Å². The molecule has 0 spiro atoms. The quantitative estimate of drug-likeness (QED) is 0.646. The molecule has 0 saturated heterocycles. The van der Waals surface area contributed by atoms with Crippen molar-refractivity contribution in [3.63, 3.8) is 0 Å². The maximum atomic E-state index is 11.9. The molecule has 0 fully saturated rings. The van der Waals surface area contributed by atoms with Crippen LogP contribution in [0.25, 0.3) is 0 Å². The lowest BCUT2D eigenvalue weighted by Gasteiger charge is -2.08. The number of hydrogen-bond acceptors (Lipinski definition) is 3. The van der Waals surface area contributed by atoms with E-state index in [4.69, 9.17) is 11.6 Å². The Morgan fingerprint density at radius 2 is 2.17 bits per heavy atom. The molecule has 1 amide bonds. The molecule has 2 aromatic rings. The summed E-state index contributed by atoms with van der Waals surface area (Å²) in [5.41, 5.74) is 1.51. The summed E-state index contributed by atoms with van der Waals surface area (Å²) in [6.45, 7) is 1.85. The number of benzene rings is 1. The van der Waals surface area contributed by atoms with E-state index in [-0.39, 0.29) is 16.5 Å².